The first-order chi connectivity index (χ1) is 11.7. The van der Waals surface area contributed by atoms with Gasteiger partial charge in [0.15, 0.2) is 0 Å². The number of nitrogens with zero attached hydrogens (tertiary/aromatic N) is 1. The number of anilines is 1. The molecule has 3 rings (SSSR count). The molecule has 0 bridgehead atoms. The van der Waals surface area contributed by atoms with Crippen molar-refractivity contribution in [3.8, 4) is 0 Å². The number of rotatable bonds is 4. The average molecular weight is 331 g/mol. The lowest BCUT2D eigenvalue weighted by atomic mass is 9.97. The summed E-state index contributed by atoms with van der Waals surface area (Å²) in [5, 5.41) is 6.24. The molecule has 2 heterocycles. The van der Waals surface area contributed by atoms with Crippen LogP contribution in [-0.4, -0.2) is 56.1 Å². The van der Waals surface area contributed by atoms with Gasteiger partial charge >= 0.3 is 0 Å². The molecule has 2 saturated heterocycles. The molecule has 130 valence electrons. The van der Waals surface area contributed by atoms with E-state index in [4.69, 9.17) is 4.74 Å². The van der Waals surface area contributed by atoms with Crippen molar-refractivity contribution in [2.45, 2.75) is 19.3 Å². The van der Waals surface area contributed by atoms with Gasteiger partial charge in [0.05, 0.1) is 19.6 Å². The van der Waals surface area contributed by atoms with E-state index in [2.05, 4.69) is 10.6 Å². The number of benzene rings is 1. The lowest BCUT2D eigenvalue weighted by Crippen LogP contribution is -2.41. The molecule has 6 heteroatoms. The number of morpholine rings is 1. The van der Waals surface area contributed by atoms with Crippen LogP contribution in [0.25, 0.3) is 0 Å². The molecule has 0 atom stereocenters. The first-order valence-corrected chi connectivity index (χ1v) is 8.68. The fourth-order valence-corrected chi connectivity index (χ4v) is 3.13. The Morgan fingerprint density at radius 2 is 1.79 bits per heavy atom. The Balaban J connectivity index is 1.51. The summed E-state index contributed by atoms with van der Waals surface area (Å²) < 4.78 is 5.26. The van der Waals surface area contributed by atoms with Crippen LogP contribution in [-0.2, 0) is 20.7 Å². The van der Waals surface area contributed by atoms with E-state index in [9.17, 15) is 9.59 Å². The van der Waals surface area contributed by atoms with E-state index in [1.54, 1.807) is 0 Å². The van der Waals surface area contributed by atoms with Gasteiger partial charge in [-0.05, 0) is 43.6 Å². The summed E-state index contributed by atoms with van der Waals surface area (Å²) in [6.45, 7) is 4.38. The Bertz CT molecular complexity index is 510. The fraction of sp³-hybridized carbons (Fsp3) is 0.556. The van der Waals surface area contributed by atoms with Gasteiger partial charge in [-0.1, -0.05) is 12.1 Å². The molecule has 0 spiro atoms. The zero-order valence-corrected chi connectivity index (χ0v) is 13.9. The molecule has 2 aliphatic rings. The van der Waals surface area contributed by atoms with Gasteiger partial charge in [-0.2, -0.15) is 0 Å². The molecule has 0 unspecified atom stereocenters. The minimum atomic E-state index is 0.0913. The van der Waals surface area contributed by atoms with Gasteiger partial charge in [0.25, 0.3) is 0 Å². The second-order valence-corrected chi connectivity index (χ2v) is 6.38. The summed E-state index contributed by atoms with van der Waals surface area (Å²) in [5.74, 6) is 0.312. The SMILES string of the molecule is O=C(Nc1ccc(CC(=O)N2CCOCC2)cc1)C1CCNCC1. The highest BCUT2D eigenvalue weighted by atomic mass is 16.5. The van der Waals surface area contributed by atoms with E-state index in [0.29, 0.717) is 32.7 Å². The Morgan fingerprint density at radius 3 is 2.46 bits per heavy atom. The second-order valence-electron chi connectivity index (χ2n) is 6.38. The van der Waals surface area contributed by atoms with Gasteiger partial charge in [0.1, 0.15) is 0 Å². The molecular weight excluding hydrogens is 306 g/mol. The first-order valence-electron chi connectivity index (χ1n) is 8.68. The van der Waals surface area contributed by atoms with Crippen LogP contribution in [0.3, 0.4) is 0 Å². The van der Waals surface area contributed by atoms with Crippen molar-refractivity contribution in [3.05, 3.63) is 29.8 Å². The number of nitrogens with one attached hydrogen (secondary N) is 2. The van der Waals surface area contributed by atoms with Crippen LogP contribution in [0.4, 0.5) is 5.69 Å². The third-order valence-electron chi connectivity index (χ3n) is 4.65. The number of carbonyl (C=O) groups is 2. The number of hydrogen-bond donors (Lipinski definition) is 2. The maximum Gasteiger partial charge on any atom is 0.227 e. The highest BCUT2D eigenvalue weighted by molar-refractivity contribution is 5.92. The lowest BCUT2D eigenvalue weighted by molar-refractivity contribution is -0.134. The van der Waals surface area contributed by atoms with Crippen LogP contribution in [0.5, 0.6) is 0 Å². The summed E-state index contributed by atoms with van der Waals surface area (Å²) in [7, 11) is 0. The smallest absolute Gasteiger partial charge is 0.227 e. The van der Waals surface area contributed by atoms with Gasteiger partial charge in [-0.15, -0.1) is 0 Å². The van der Waals surface area contributed by atoms with Crippen molar-refractivity contribution in [2.75, 3.05) is 44.7 Å². The number of carbonyl (C=O) groups excluding carboxylic acids is 2. The number of piperidine rings is 1. The molecule has 1 aromatic carbocycles. The Labute approximate surface area is 142 Å². The van der Waals surface area contributed by atoms with Crippen LogP contribution in [0.1, 0.15) is 18.4 Å². The Hall–Kier alpha value is -1.92. The van der Waals surface area contributed by atoms with Gasteiger partial charge in [0, 0.05) is 24.7 Å². The molecular formula is C18H25N3O3. The molecule has 24 heavy (non-hydrogen) atoms. The highest BCUT2D eigenvalue weighted by Crippen LogP contribution is 2.16. The first kappa shape index (κ1) is 16.9. The van der Waals surface area contributed by atoms with Gasteiger partial charge in [-0.3, -0.25) is 9.59 Å². The number of amides is 2. The molecule has 0 aliphatic carbocycles. The van der Waals surface area contributed by atoms with Crippen molar-refractivity contribution >= 4 is 17.5 Å². The molecule has 0 radical (unpaired) electrons. The van der Waals surface area contributed by atoms with Crippen LogP contribution >= 0.6 is 0 Å². The number of hydrogen-bond acceptors (Lipinski definition) is 4. The number of ether oxygens (including phenoxy) is 1. The van der Waals surface area contributed by atoms with Crippen LogP contribution in [0.2, 0.25) is 0 Å². The fourth-order valence-electron chi connectivity index (χ4n) is 3.13. The van der Waals surface area contributed by atoms with Gasteiger partial charge in [-0.25, -0.2) is 0 Å². The molecule has 2 N–H and O–H groups in total. The molecule has 0 aromatic heterocycles. The predicted molar refractivity (Wildman–Crippen MR) is 91.8 cm³/mol. The predicted octanol–water partition coefficient (Wildman–Crippen LogP) is 1.03. The monoisotopic (exact) mass is 331 g/mol. The van der Waals surface area contributed by atoms with Crippen LogP contribution in [0.15, 0.2) is 24.3 Å². The van der Waals surface area contributed by atoms with Crippen LogP contribution in [0, 0.1) is 5.92 Å². The van der Waals surface area contributed by atoms with Crippen LogP contribution < -0.4 is 10.6 Å². The molecule has 1 aromatic rings. The summed E-state index contributed by atoms with van der Waals surface area (Å²) in [4.78, 5) is 26.3. The minimum absolute atomic E-state index is 0.0913. The molecule has 2 aliphatic heterocycles. The summed E-state index contributed by atoms with van der Waals surface area (Å²) in [6.07, 6.45) is 2.17. The molecule has 2 amide bonds. The maximum absolute atomic E-state index is 12.2. The Morgan fingerprint density at radius 1 is 1.12 bits per heavy atom. The second kappa shape index (κ2) is 8.26. The van der Waals surface area contributed by atoms with E-state index in [1.807, 2.05) is 29.2 Å². The van der Waals surface area contributed by atoms with Crippen molar-refractivity contribution in [1.82, 2.24) is 10.2 Å². The quantitative estimate of drug-likeness (QED) is 0.864. The van der Waals surface area contributed by atoms with E-state index >= 15 is 0 Å². The largest absolute Gasteiger partial charge is 0.378 e. The van der Waals surface area contributed by atoms with E-state index in [-0.39, 0.29) is 17.7 Å². The maximum atomic E-state index is 12.2. The zero-order valence-electron chi connectivity index (χ0n) is 13.9. The highest BCUT2D eigenvalue weighted by Gasteiger charge is 2.21. The van der Waals surface area contributed by atoms with E-state index in [0.717, 1.165) is 37.2 Å². The lowest BCUT2D eigenvalue weighted by Gasteiger charge is -2.26. The molecule has 0 saturated carbocycles. The standard InChI is InChI=1S/C18H25N3O3/c22-17(21-9-11-24-12-10-21)13-14-1-3-16(4-2-14)20-18(23)15-5-7-19-8-6-15/h1-4,15,19H,5-13H2,(H,20,23). The summed E-state index contributed by atoms with van der Waals surface area (Å²) in [6, 6.07) is 7.58. The Kier molecular flexibility index (Phi) is 5.82. The molecule has 2 fully saturated rings. The van der Waals surface area contributed by atoms with Crippen molar-refractivity contribution in [2.24, 2.45) is 5.92 Å². The summed E-state index contributed by atoms with van der Waals surface area (Å²) >= 11 is 0. The van der Waals surface area contributed by atoms with Crippen molar-refractivity contribution in [1.29, 1.82) is 0 Å². The third kappa shape index (κ3) is 4.55. The molecule has 6 nitrogen and oxygen atoms in total. The minimum Gasteiger partial charge on any atom is -0.378 e. The van der Waals surface area contributed by atoms with Crippen molar-refractivity contribution in [3.63, 3.8) is 0 Å². The van der Waals surface area contributed by atoms with Crippen molar-refractivity contribution < 1.29 is 14.3 Å². The van der Waals surface area contributed by atoms with E-state index < -0.39 is 0 Å². The average Bonchev–Trinajstić information content (AvgIpc) is 2.65. The summed E-state index contributed by atoms with van der Waals surface area (Å²) in [5.41, 5.74) is 1.76. The normalized spacial score (nSPS) is 19.1. The zero-order chi connectivity index (χ0) is 16.8. The van der Waals surface area contributed by atoms with E-state index in [1.165, 1.54) is 0 Å². The van der Waals surface area contributed by atoms with Gasteiger partial charge < -0.3 is 20.3 Å². The third-order valence-corrected chi connectivity index (χ3v) is 4.65. The van der Waals surface area contributed by atoms with Gasteiger partial charge in [0.2, 0.25) is 11.8 Å². The topological polar surface area (TPSA) is 70.7 Å².